The Balaban J connectivity index is 1.12. The van der Waals surface area contributed by atoms with Crippen LogP contribution in [-0.4, -0.2) is 55.1 Å². The fraction of sp³-hybridized carbons (Fsp3) is 0.357. The van der Waals surface area contributed by atoms with Gasteiger partial charge in [-0.05, 0) is 68.3 Å². The molecule has 6 nitrogen and oxygen atoms in total. The molecule has 34 heavy (non-hydrogen) atoms. The molecule has 0 aliphatic carbocycles. The molecule has 1 N–H and O–H groups in total. The van der Waals surface area contributed by atoms with Gasteiger partial charge in [0, 0.05) is 61.9 Å². The van der Waals surface area contributed by atoms with Crippen LogP contribution in [0.2, 0.25) is 0 Å². The van der Waals surface area contributed by atoms with Gasteiger partial charge in [-0.3, -0.25) is 14.7 Å². The molecule has 1 fully saturated rings. The van der Waals surface area contributed by atoms with Gasteiger partial charge in [0.2, 0.25) is 0 Å². The number of aryl methyl sites for hydroxylation is 1. The highest BCUT2D eigenvalue weighted by molar-refractivity contribution is 5.94. The Labute approximate surface area is 202 Å². The number of piperazine rings is 1. The molecule has 1 aliphatic heterocycles. The van der Waals surface area contributed by atoms with Crippen molar-refractivity contribution in [2.24, 2.45) is 0 Å². The molecule has 0 unspecified atom stereocenters. The third-order valence-electron chi connectivity index (χ3n) is 6.15. The zero-order valence-electron chi connectivity index (χ0n) is 20.0. The maximum absolute atomic E-state index is 12.5. The van der Waals surface area contributed by atoms with Gasteiger partial charge in [0.15, 0.2) is 0 Å². The van der Waals surface area contributed by atoms with Crippen molar-refractivity contribution in [3.63, 3.8) is 0 Å². The fourth-order valence-electron chi connectivity index (χ4n) is 4.20. The Bertz CT molecular complexity index is 1050. The highest BCUT2D eigenvalue weighted by Crippen LogP contribution is 2.18. The number of pyridine rings is 1. The zero-order valence-corrected chi connectivity index (χ0v) is 20.0. The van der Waals surface area contributed by atoms with Crippen molar-refractivity contribution >= 4 is 11.6 Å². The summed E-state index contributed by atoms with van der Waals surface area (Å²) in [4.78, 5) is 21.6. The summed E-state index contributed by atoms with van der Waals surface area (Å²) in [6.45, 7) is 8.65. The maximum Gasteiger partial charge on any atom is 0.251 e. The summed E-state index contributed by atoms with van der Waals surface area (Å²) in [5.41, 5.74) is 4.25. The van der Waals surface area contributed by atoms with Crippen molar-refractivity contribution in [3.8, 4) is 5.75 Å². The van der Waals surface area contributed by atoms with E-state index in [1.54, 1.807) is 18.5 Å². The van der Waals surface area contributed by atoms with Crippen molar-refractivity contribution in [3.05, 3.63) is 89.7 Å². The van der Waals surface area contributed by atoms with Gasteiger partial charge >= 0.3 is 0 Å². The molecule has 0 radical (unpaired) electrons. The Morgan fingerprint density at radius 2 is 1.85 bits per heavy atom. The number of anilines is 1. The number of rotatable bonds is 10. The molecule has 0 saturated carbocycles. The monoisotopic (exact) mass is 458 g/mol. The zero-order chi connectivity index (χ0) is 23.6. The van der Waals surface area contributed by atoms with Crippen LogP contribution in [0.5, 0.6) is 5.75 Å². The number of unbranched alkanes of at least 4 members (excludes halogenated alkanes) is 1. The van der Waals surface area contributed by atoms with E-state index in [1.807, 2.05) is 30.3 Å². The summed E-state index contributed by atoms with van der Waals surface area (Å²) in [5, 5.41) is 3.04. The molecule has 1 aliphatic rings. The van der Waals surface area contributed by atoms with E-state index < -0.39 is 0 Å². The summed E-state index contributed by atoms with van der Waals surface area (Å²) >= 11 is 0. The highest BCUT2D eigenvalue weighted by atomic mass is 16.5. The van der Waals surface area contributed by atoms with Crippen LogP contribution in [0.25, 0.3) is 0 Å². The van der Waals surface area contributed by atoms with E-state index in [4.69, 9.17) is 4.74 Å². The van der Waals surface area contributed by atoms with Crippen LogP contribution in [0.1, 0.15) is 34.3 Å². The van der Waals surface area contributed by atoms with Crippen molar-refractivity contribution in [2.75, 3.05) is 44.2 Å². The molecule has 1 aromatic heterocycles. The van der Waals surface area contributed by atoms with E-state index >= 15 is 0 Å². The van der Waals surface area contributed by atoms with Gasteiger partial charge in [-0.25, -0.2) is 0 Å². The molecule has 3 aromatic rings. The van der Waals surface area contributed by atoms with E-state index in [0.717, 1.165) is 51.1 Å². The first kappa shape index (κ1) is 23.8. The standard InChI is InChI=1S/C28H34N4O2/c1-23-7-4-10-26(19-23)32-17-15-31(16-18-32)14-3-2-13-30-28(33)25-9-5-11-27(20-25)34-22-24-8-6-12-29-21-24/h4-12,19-21H,2-3,13-18,22H2,1H3,(H,30,33). The lowest BCUT2D eigenvalue weighted by Gasteiger charge is -2.36. The van der Waals surface area contributed by atoms with Gasteiger partial charge in [0.1, 0.15) is 12.4 Å². The number of nitrogens with one attached hydrogen (secondary N) is 1. The van der Waals surface area contributed by atoms with Crippen LogP contribution in [0.4, 0.5) is 5.69 Å². The van der Waals surface area contributed by atoms with E-state index in [1.165, 1.54) is 11.3 Å². The number of hydrogen-bond donors (Lipinski definition) is 1. The Morgan fingerprint density at radius 3 is 2.65 bits per heavy atom. The molecular formula is C28H34N4O2. The SMILES string of the molecule is Cc1cccc(N2CCN(CCCCNC(=O)c3cccc(OCc4cccnc4)c3)CC2)c1. The average molecular weight is 459 g/mol. The molecule has 2 heterocycles. The van der Waals surface area contributed by atoms with Crippen molar-refractivity contribution in [1.82, 2.24) is 15.2 Å². The summed E-state index contributed by atoms with van der Waals surface area (Å²) in [5.74, 6) is 0.625. The van der Waals surface area contributed by atoms with E-state index in [9.17, 15) is 4.79 Å². The normalized spacial score (nSPS) is 14.1. The lowest BCUT2D eigenvalue weighted by Crippen LogP contribution is -2.46. The summed E-state index contributed by atoms with van der Waals surface area (Å²) in [6.07, 6.45) is 5.57. The smallest absolute Gasteiger partial charge is 0.251 e. The van der Waals surface area contributed by atoms with Crippen molar-refractivity contribution in [1.29, 1.82) is 0 Å². The molecule has 0 spiro atoms. The number of carbonyl (C=O) groups excluding carboxylic acids is 1. The Hall–Kier alpha value is -3.38. The fourth-order valence-corrected chi connectivity index (χ4v) is 4.20. The summed E-state index contributed by atoms with van der Waals surface area (Å²) in [6, 6.07) is 19.9. The maximum atomic E-state index is 12.5. The van der Waals surface area contributed by atoms with Crippen molar-refractivity contribution in [2.45, 2.75) is 26.4 Å². The second-order valence-corrected chi connectivity index (χ2v) is 8.81. The average Bonchev–Trinajstić information content (AvgIpc) is 2.88. The quantitative estimate of drug-likeness (QED) is 0.459. The number of ether oxygens (including phenoxy) is 1. The third-order valence-corrected chi connectivity index (χ3v) is 6.15. The Morgan fingerprint density at radius 1 is 1.00 bits per heavy atom. The molecule has 2 aromatic carbocycles. The molecule has 1 amide bonds. The van der Waals surface area contributed by atoms with E-state index in [0.29, 0.717) is 24.5 Å². The molecule has 178 valence electrons. The van der Waals surface area contributed by atoms with Crippen LogP contribution in [-0.2, 0) is 6.61 Å². The van der Waals surface area contributed by atoms with Gasteiger partial charge < -0.3 is 15.0 Å². The van der Waals surface area contributed by atoms with Crippen LogP contribution in [0, 0.1) is 6.92 Å². The second-order valence-electron chi connectivity index (χ2n) is 8.81. The van der Waals surface area contributed by atoms with Gasteiger partial charge in [0.25, 0.3) is 5.91 Å². The molecule has 6 heteroatoms. The molecule has 0 bridgehead atoms. The van der Waals surface area contributed by atoms with Gasteiger partial charge in [0.05, 0.1) is 0 Å². The van der Waals surface area contributed by atoms with E-state index in [-0.39, 0.29) is 5.91 Å². The largest absolute Gasteiger partial charge is 0.489 e. The predicted molar refractivity (Wildman–Crippen MR) is 136 cm³/mol. The van der Waals surface area contributed by atoms with Crippen LogP contribution < -0.4 is 15.0 Å². The Kier molecular flexibility index (Phi) is 8.52. The van der Waals surface area contributed by atoms with Gasteiger partial charge in [-0.1, -0.05) is 24.3 Å². The molecule has 1 saturated heterocycles. The minimum atomic E-state index is -0.0569. The minimum absolute atomic E-state index is 0.0569. The van der Waals surface area contributed by atoms with E-state index in [2.05, 4.69) is 51.3 Å². The number of benzene rings is 2. The van der Waals surface area contributed by atoms with Gasteiger partial charge in [-0.15, -0.1) is 0 Å². The van der Waals surface area contributed by atoms with Crippen molar-refractivity contribution < 1.29 is 9.53 Å². The molecule has 0 atom stereocenters. The number of hydrogen-bond acceptors (Lipinski definition) is 5. The first-order chi connectivity index (χ1) is 16.7. The summed E-state index contributed by atoms with van der Waals surface area (Å²) in [7, 11) is 0. The highest BCUT2D eigenvalue weighted by Gasteiger charge is 2.16. The predicted octanol–water partition coefficient (Wildman–Crippen LogP) is 4.30. The van der Waals surface area contributed by atoms with Crippen LogP contribution >= 0.6 is 0 Å². The molecular weight excluding hydrogens is 424 g/mol. The summed E-state index contributed by atoms with van der Waals surface area (Å²) < 4.78 is 5.81. The van der Waals surface area contributed by atoms with Crippen LogP contribution in [0.15, 0.2) is 73.1 Å². The second kappa shape index (κ2) is 12.2. The lowest BCUT2D eigenvalue weighted by atomic mass is 10.2. The number of nitrogens with zero attached hydrogens (tertiary/aromatic N) is 3. The van der Waals surface area contributed by atoms with Gasteiger partial charge in [-0.2, -0.15) is 0 Å². The minimum Gasteiger partial charge on any atom is -0.489 e. The number of carbonyl (C=O) groups is 1. The lowest BCUT2D eigenvalue weighted by molar-refractivity contribution is 0.0952. The first-order valence-electron chi connectivity index (χ1n) is 12.1. The number of aromatic nitrogens is 1. The topological polar surface area (TPSA) is 57.7 Å². The van der Waals surface area contributed by atoms with Crippen LogP contribution in [0.3, 0.4) is 0 Å². The molecule has 4 rings (SSSR count). The third kappa shape index (κ3) is 7.06. The number of amides is 1. The first-order valence-corrected chi connectivity index (χ1v) is 12.1.